The SMILES string of the molecule is CNC(=O)c1cn(C2CCCCC2)cc(C(=O)NC(c2ccccc2)c2ccco2)c1=O. The van der Waals surface area contributed by atoms with Crippen LogP contribution in [0.1, 0.15) is 76.2 Å². The minimum atomic E-state index is -0.583. The second kappa shape index (κ2) is 9.68. The van der Waals surface area contributed by atoms with E-state index in [0.29, 0.717) is 5.76 Å². The summed E-state index contributed by atoms with van der Waals surface area (Å²) in [5.41, 5.74) is 0.162. The van der Waals surface area contributed by atoms with E-state index in [4.69, 9.17) is 4.42 Å². The lowest BCUT2D eigenvalue weighted by Crippen LogP contribution is -2.36. The van der Waals surface area contributed by atoms with Crippen molar-refractivity contribution in [2.45, 2.75) is 44.2 Å². The maximum Gasteiger partial charge on any atom is 0.257 e. The number of hydrogen-bond donors (Lipinski definition) is 2. The summed E-state index contributed by atoms with van der Waals surface area (Å²) in [4.78, 5) is 38.8. The maximum atomic E-state index is 13.3. The normalized spacial score (nSPS) is 15.2. The monoisotopic (exact) mass is 433 g/mol. The van der Waals surface area contributed by atoms with Crippen molar-refractivity contribution in [3.05, 3.63) is 93.8 Å². The molecule has 1 fully saturated rings. The van der Waals surface area contributed by atoms with Gasteiger partial charge in [0, 0.05) is 25.5 Å². The topological polar surface area (TPSA) is 93.3 Å². The first-order valence-electron chi connectivity index (χ1n) is 11.0. The molecule has 7 nitrogen and oxygen atoms in total. The summed E-state index contributed by atoms with van der Waals surface area (Å²) in [6.45, 7) is 0. The molecule has 0 radical (unpaired) electrons. The molecular weight excluding hydrogens is 406 g/mol. The first-order chi connectivity index (χ1) is 15.6. The van der Waals surface area contributed by atoms with Crippen molar-refractivity contribution in [1.29, 1.82) is 0 Å². The van der Waals surface area contributed by atoms with Crippen LogP contribution in [0.15, 0.2) is 70.3 Å². The van der Waals surface area contributed by atoms with E-state index in [1.807, 2.05) is 34.9 Å². The number of pyridine rings is 1. The molecule has 2 aromatic heterocycles. The zero-order valence-electron chi connectivity index (χ0n) is 18.0. The number of rotatable bonds is 6. The molecule has 1 aliphatic rings. The van der Waals surface area contributed by atoms with Crippen molar-refractivity contribution in [3.63, 3.8) is 0 Å². The molecular formula is C25H27N3O4. The molecule has 0 aliphatic heterocycles. The highest BCUT2D eigenvalue weighted by Crippen LogP contribution is 2.28. The van der Waals surface area contributed by atoms with Crippen molar-refractivity contribution in [2.75, 3.05) is 7.05 Å². The van der Waals surface area contributed by atoms with Gasteiger partial charge in [0.05, 0.1) is 6.26 Å². The number of amides is 2. The van der Waals surface area contributed by atoms with E-state index in [0.717, 1.165) is 31.2 Å². The molecule has 7 heteroatoms. The highest BCUT2D eigenvalue weighted by atomic mass is 16.3. The predicted octanol–water partition coefficient (Wildman–Crippen LogP) is 3.83. The number of carbonyl (C=O) groups is 2. The van der Waals surface area contributed by atoms with Gasteiger partial charge in [-0.05, 0) is 30.5 Å². The molecule has 1 unspecified atom stereocenters. The van der Waals surface area contributed by atoms with Crippen LogP contribution < -0.4 is 16.1 Å². The molecule has 3 aromatic rings. The molecule has 0 spiro atoms. The number of hydrogen-bond acceptors (Lipinski definition) is 4. The van der Waals surface area contributed by atoms with Crippen molar-refractivity contribution in [1.82, 2.24) is 15.2 Å². The number of benzene rings is 1. The van der Waals surface area contributed by atoms with Gasteiger partial charge in [-0.1, -0.05) is 49.6 Å². The first-order valence-corrected chi connectivity index (χ1v) is 11.0. The number of aromatic nitrogens is 1. The Balaban J connectivity index is 1.73. The Kier molecular flexibility index (Phi) is 6.54. The van der Waals surface area contributed by atoms with Gasteiger partial charge < -0.3 is 19.6 Å². The second-order valence-corrected chi connectivity index (χ2v) is 8.07. The van der Waals surface area contributed by atoms with E-state index in [2.05, 4.69) is 10.6 Å². The van der Waals surface area contributed by atoms with Gasteiger partial charge in [0.2, 0.25) is 5.43 Å². The van der Waals surface area contributed by atoms with Gasteiger partial charge in [-0.15, -0.1) is 0 Å². The van der Waals surface area contributed by atoms with Crippen LogP contribution in [-0.4, -0.2) is 23.4 Å². The fourth-order valence-corrected chi connectivity index (χ4v) is 4.27. The average molecular weight is 434 g/mol. The fraction of sp³-hybridized carbons (Fsp3) is 0.320. The summed E-state index contributed by atoms with van der Waals surface area (Å²) in [7, 11) is 1.47. The molecule has 0 saturated heterocycles. The van der Waals surface area contributed by atoms with E-state index in [1.54, 1.807) is 30.8 Å². The average Bonchev–Trinajstić information content (AvgIpc) is 3.38. The number of carbonyl (C=O) groups excluding carboxylic acids is 2. The Labute approximate surface area is 186 Å². The third-order valence-corrected chi connectivity index (χ3v) is 5.99. The lowest BCUT2D eigenvalue weighted by molar-refractivity contribution is 0.0936. The van der Waals surface area contributed by atoms with Crippen LogP contribution in [0.3, 0.4) is 0 Å². The molecule has 1 aromatic carbocycles. The Morgan fingerprint density at radius 1 is 0.969 bits per heavy atom. The Morgan fingerprint density at radius 3 is 2.28 bits per heavy atom. The molecule has 2 N–H and O–H groups in total. The van der Waals surface area contributed by atoms with E-state index < -0.39 is 23.3 Å². The van der Waals surface area contributed by atoms with Gasteiger partial charge in [-0.3, -0.25) is 14.4 Å². The van der Waals surface area contributed by atoms with Gasteiger partial charge in [0.1, 0.15) is 22.9 Å². The predicted molar refractivity (Wildman–Crippen MR) is 121 cm³/mol. The summed E-state index contributed by atoms with van der Waals surface area (Å²) in [6, 6.07) is 12.5. The van der Waals surface area contributed by atoms with Gasteiger partial charge >= 0.3 is 0 Å². The molecule has 1 aliphatic carbocycles. The van der Waals surface area contributed by atoms with Crippen LogP contribution in [0.5, 0.6) is 0 Å². The standard InChI is InChI=1S/C25H27N3O4/c1-26-24(30)19-15-28(18-11-6-3-7-12-18)16-20(23(19)29)25(31)27-22(21-13-8-14-32-21)17-9-4-2-5-10-17/h2,4-5,8-10,13-16,18,22H,3,6-7,11-12H2,1H3,(H,26,30)(H,27,31). The van der Waals surface area contributed by atoms with Crippen LogP contribution in [0.25, 0.3) is 0 Å². The second-order valence-electron chi connectivity index (χ2n) is 8.07. The van der Waals surface area contributed by atoms with Crippen molar-refractivity contribution >= 4 is 11.8 Å². The quantitative estimate of drug-likeness (QED) is 0.618. The largest absolute Gasteiger partial charge is 0.467 e. The Bertz CT molecular complexity index is 1130. The third kappa shape index (κ3) is 4.51. The minimum absolute atomic E-state index is 0.0278. The lowest BCUT2D eigenvalue weighted by atomic mass is 9.95. The van der Waals surface area contributed by atoms with Crippen LogP contribution in [-0.2, 0) is 0 Å². The summed E-state index contributed by atoms with van der Waals surface area (Å²) >= 11 is 0. The summed E-state index contributed by atoms with van der Waals surface area (Å²) < 4.78 is 7.42. The summed E-state index contributed by atoms with van der Waals surface area (Å²) in [5.74, 6) is -0.491. The molecule has 166 valence electrons. The van der Waals surface area contributed by atoms with Crippen LogP contribution in [0, 0.1) is 0 Å². The smallest absolute Gasteiger partial charge is 0.257 e. The zero-order valence-corrected chi connectivity index (χ0v) is 18.0. The molecule has 1 saturated carbocycles. The lowest BCUT2D eigenvalue weighted by Gasteiger charge is -2.26. The molecule has 2 heterocycles. The van der Waals surface area contributed by atoms with Crippen molar-refractivity contribution < 1.29 is 14.0 Å². The number of nitrogens with zero attached hydrogens (tertiary/aromatic N) is 1. The molecule has 2 amide bonds. The Hall–Kier alpha value is -3.61. The molecule has 0 bridgehead atoms. The Morgan fingerprint density at radius 2 is 1.66 bits per heavy atom. The van der Waals surface area contributed by atoms with E-state index in [-0.39, 0.29) is 17.2 Å². The van der Waals surface area contributed by atoms with Gasteiger partial charge in [0.15, 0.2) is 0 Å². The molecule has 4 rings (SSSR count). The third-order valence-electron chi connectivity index (χ3n) is 5.99. The van der Waals surface area contributed by atoms with Crippen LogP contribution >= 0.6 is 0 Å². The molecule has 1 atom stereocenters. The number of nitrogens with one attached hydrogen (secondary N) is 2. The van der Waals surface area contributed by atoms with Crippen LogP contribution in [0.2, 0.25) is 0 Å². The van der Waals surface area contributed by atoms with E-state index in [1.165, 1.54) is 13.5 Å². The number of furan rings is 1. The highest BCUT2D eigenvalue weighted by Gasteiger charge is 2.25. The van der Waals surface area contributed by atoms with E-state index >= 15 is 0 Å². The van der Waals surface area contributed by atoms with Gasteiger partial charge in [-0.2, -0.15) is 0 Å². The summed E-state index contributed by atoms with van der Waals surface area (Å²) in [6.07, 6.45) is 9.96. The fourth-order valence-electron chi connectivity index (χ4n) is 4.27. The van der Waals surface area contributed by atoms with Crippen molar-refractivity contribution in [3.8, 4) is 0 Å². The van der Waals surface area contributed by atoms with E-state index in [9.17, 15) is 14.4 Å². The van der Waals surface area contributed by atoms with Crippen LogP contribution in [0.4, 0.5) is 0 Å². The maximum absolute atomic E-state index is 13.3. The minimum Gasteiger partial charge on any atom is -0.467 e. The first kappa shape index (κ1) is 21.6. The van der Waals surface area contributed by atoms with Crippen molar-refractivity contribution in [2.24, 2.45) is 0 Å². The highest BCUT2D eigenvalue weighted by molar-refractivity contribution is 5.99. The molecule has 32 heavy (non-hydrogen) atoms. The van der Waals surface area contributed by atoms with Gasteiger partial charge in [-0.25, -0.2) is 0 Å². The summed E-state index contributed by atoms with van der Waals surface area (Å²) in [5, 5.41) is 5.44. The zero-order chi connectivity index (χ0) is 22.5. The van der Waals surface area contributed by atoms with Gasteiger partial charge in [0.25, 0.3) is 11.8 Å².